The summed E-state index contributed by atoms with van der Waals surface area (Å²) in [6.07, 6.45) is 0.222. The Kier molecular flexibility index (Phi) is 6.15. The SMILES string of the molecule is COc1cc([N+](=O)[O-])cc2sc(NC(=O)Cc3ccc(SC(C)C)cc3)nc12. The van der Waals surface area contributed by atoms with Crippen LogP contribution in [-0.2, 0) is 11.2 Å². The van der Waals surface area contributed by atoms with Crippen molar-refractivity contribution in [3.8, 4) is 5.75 Å². The summed E-state index contributed by atoms with van der Waals surface area (Å²) < 4.78 is 5.78. The molecular formula is C19H19N3O4S2. The van der Waals surface area contributed by atoms with E-state index in [4.69, 9.17) is 4.74 Å². The average molecular weight is 418 g/mol. The van der Waals surface area contributed by atoms with Crippen molar-refractivity contribution in [2.45, 2.75) is 30.4 Å². The van der Waals surface area contributed by atoms with Gasteiger partial charge in [0.25, 0.3) is 5.69 Å². The first-order valence-corrected chi connectivity index (χ1v) is 10.2. The molecule has 0 bridgehead atoms. The topological polar surface area (TPSA) is 94.4 Å². The molecule has 0 saturated carbocycles. The zero-order chi connectivity index (χ0) is 20.3. The molecule has 1 N–H and O–H groups in total. The molecule has 0 spiro atoms. The number of aromatic nitrogens is 1. The Hall–Kier alpha value is -2.65. The number of ether oxygens (including phenoxy) is 1. The first kappa shape index (κ1) is 20.1. The lowest BCUT2D eigenvalue weighted by Crippen LogP contribution is -2.14. The second kappa shape index (κ2) is 8.57. The van der Waals surface area contributed by atoms with Gasteiger partial charge in [-0.05, 0) is 17.7 Å². The number of hydrogen-bond donors (Lipinski definition) is 1. The Balaban J connectivity index is 1.73. The van der Waals surface area contributed by atoms with Crippen molar-refractivity contribution in [1.29, 1.82) is 0 Å². The predicted molar refractivity (Wildman–Crippen MR) is 113 cm³/mol. The van der Waals surface area contributed by atoms with Gasteiger partial charge in [0.1, 0.15) is 5.52 Å². The zero-order valence-corrected chi connectivity index (χ0v) is 17.2. The number of carbonyl (C=O) groups is 1. The molecule has 9 heteroatoms. The van der Waals surface area contributed by atoms with Crippen LogP contribution in [0.15, 0.2) is 41.3 Å². The lowest BCUT2D eigenvalue weighted by molar-refractivity contribution is -0.384. The van der Waals surface area contributed by atoms with Crippen molar-refractivity contribution in [3.63, 3.8) is 0 Å². The average Bonchev–Trinajstić information content (AvgIpc) is 3.04. The molecule has 7 nitrogen and oxygen atoms in total. The van der Waals surface area contributed by atoms with Gasteiger partial charge in [-0.25, -0.2) is 4.98 Å². The number of nitrogens with zero attached hydrogens (tertiary/aromatic N) is 2. The first-order valence-electron chi connectivity index (χ1n) is 8.54. The van der Waals surface area contributed by atoms with Gasteiger partial charge in [-0.15, -0.1) is 11.8 Å². The first-order chi connectivity index (χ1) is 13.4. The number of carbonyl (C=O) groups excluding carboxylic acids is 1. The van der Waals surface area contributed by atoms with Crippen LogP contribution in [0.4, 0.5) is 10.8 Å². The number of fused-ring (bicyclic) bond motifs is 1. The number of hydrogen-bond acceptors (Lipinski definition) is 7. The van der Waals surface area contributed by atoms with E-state index < -0.39 is 4.92 Å². The molecule has 1 heterocycles. The highest BCUT2D eigenvalue weighted by Gasteiger charge is 2.17. The van der Waals surface area contributed by atoms with Gasteiger partial charge in [0.05, 0.1) is 29.2 Å². The molecule has 2 aromatic carbocycles. The Bertz CT molecular complexity index is 1020. The summed E-state index contributed by atoms with van der Waals surface area (Å²) in [4.78, 5) is 28.4. The lowest BCUT2D eigenvalue weighted by atomic mass is 10.1. The summed E-state index contributed by atoms with van der Waals surface area (Å²) >= 11 is 2.94. The Morgan fingerprint density at radius 1 is 1.32 bits per heavy atom. The standard InChI is InChI=1S/C19H19N3O4S2/c1-11(2)27-14-6-4-12(5-7-14)8-17(23)20-19-21-18-15(26-3)9-13(22(24)25)10-16(18)28-19/h4-7,9-11H,8H2,1-3H3,(H,20,21,23). The summed E-state index contributed by atoms with van der Waals surface area (Å²) in [7, 11) is 1.43. The van der Waals surface area contributed by atoms with Crippen LogP contribution in [0, 0.1) is 10.1 Å². The van der Waals surface area contributed by atoms with Crippen LogP contribution in [0.3, 0.4) is 0 Å². The van der Waals surface area contributed by atoms with E-state index >= 15 is 0 Å². The van der Waals surface area contributed by atoms with Gasteiger partial charge < -0.3 is 10.1 Å². The molecule has 1 aromatic heterocycles. The Morgan fingerprint density at radius 2 is 2.04 bits per heavy atom. The van der Waals surface area contributed by atoms with Crippen molar-refractivity contribution >= 4 is 50.0 Å². The smallest absolute Gasteiger partial charge is 0.274 e. The van der Waals surface area contributed by atoms with Crippen molar-refractivity contribution in [2.24, 2.45) is 0 Å². The van der Waals surface area contributed by atoms with E-state index in [1.165, 1.54) is 35.5 Å². The van der Waals surface area contributed by atoms with E-state index in [0.29, 0.717) is 26.3 Å². The van der Waals surface area contributed by atoms with E-state index in [1.54, 1.807) is 11.8 Å². The quantitative estimate of drug-likeness (QED) is 0.334. The molecule has 0 aliphatic heterocycles. The third-order valence-electron chi connectivity index (χ3n) is 3.78. The highest BCUT2D eigenvalue weighted by atomic mass is 32.2. The van der Waals surface area contributed by atoms with Gasteiger partial charge in [-0.1, -0.05) is 37.3 Å². The van der Waals surface area contributed by atoms with Crippen molar-refractivity contribution in [2.75, 3.05) is 12.4 Å². The molecule has 0 fully saturated rings. The number of amides is 1. The molecule has 146 valence electrons. The Labute approximate surface area is 170 Å². The highest BCUT2D eigenvalue weighted by molar-refractivity contribution is 7.99. The fraction of sp³-hybridized carbons (Fsp3) is 0.263. The fourth-order valence-corrected chi connectivity index (χ4v) is 4.38. The molecule has 1 amide bonds. The summed E-state index contributed by atoms with van der Waals surface area (Å²) in [6.45, 7) is 4.27. The molecular weight excluding hydrogens is 398 g/mol. The van der Waals surface area contributed by atoms with E-state index in [0.717, 1.165) is 5.56 Å². The molecule has 0 radical (unpaired) electrons. The number of nitro benzene ring substituents is 1. The molecule has 3 aromatic rings. The molecule has 0 saturated heterocycles. The fourth-order valence-electron chi connectivity index (χ4n) is 2.61. The number of rotatable bonds is 7. The number of methoxy groups -OCH3 is 1. The normalized spacial score (nSPS) is 11.0. The Morgan fingerprint density at radius 3 is 2.64 bits per heavy atom. The van der Waals surface area contributed by atoms with Gasteiger partial charge in [-0.2, -0.15) is 0 Å². The monoisotopic (exact) mass is 417 g/mol. The molecule has 0 aliphatic rings. The van der Waals surface area contributed by atoms with Crippen LogP contribution in [0.25, 0.3) is 10.2 Å². The summed E-state index contributed by atoms with van der Waals surface area (Å²) in [6, 6.07) is 10.6. The molecule has 0 atom stereocenters. The van der Waals surface area contributed by atoms with Crippen molar-refractivity contribution in [3.05, 3.63) is 52.1 Å². The zero-order valence-electron chi connectivity index (χ0n) is 15.6. The minimum Gasteiger partial charge on any atom is -0.494 e. The second-order valence-corrected chi connectivity index (χ2v) is 8.99. The van der Waals surface area contributed by atoms with Crippen molar-refractivity contribution < 1.29 is 14.5 Å². The van der Waals surface area contributed by atoms with Crippen molar-refractivity contribution in [1.82, 2.24) is 4.98 Å². The summed E-state index contributed by atoms with van der Waals surface area (Å²) in [5.74, 6) is 0.107. The van der Waals surface area contributed by atoms with Crippen LogP contribution < -0.4 is 10.1 Å². The van der Waals surface area contributed by atoms with Crippen LogP contribution in [0.2, 0.25) is 0 Å². The number of thiazole rings is 1. The molecule has 0 aliphatic carbocycles. The second-order valence-electron chi connectivity index (χ2n) is 6.31. The van der Waals surface area contributed by atoms with Gasteiger partial charge in [0, 0.05) is 16.2 Å². The summed E-state index contributed by atoms with van der Waals surface area (Å²) in [5, 5.41) is 14.7. The van der Waals surface area contributed by atoms with Crippen LogP contribution in [0.5, 0.6) is 5.75 Å². The van der Waals surface area contributed by atoms with E-state index in [9.17, 15) is 14.9 Å². The van der Waals surface area contributed by atoms with Gasteiger partial charge >= 0.3 is 0 Å². The maximum Gasteiger partial charge on any atom is 0.274 e. The molecule has 0 unspecified atom stereocenters. The highest BCUT2D eigenvalue weighted by Crippen LogP contribution is 2.36. The van der Waals surface area contributed by atoms with E-state index in [1.807, 2.05) is 24.3 Å². The van der Waals surface area contributed by atoms with E-state index in [2.05, 4.69) is 24.1 Å². The molecule has 3 rings (SSSR count). The maximum atomic E-state index is 12.4. The number of non-ortho nitro benzene ring substituents is 1. The predicted octanol–water partition coefficient (Wildman–Crippen LogP) is 4.89. The minimum absolute atomic E-state index is 0.0785. The number of nitro groups is 1. The van der Waals surface area contributed by atoms with Gasteiger partial charge in [0.15, 0.2) is 10.9 Å². The number of thioether (sulfide) groups is 1. The van der Waals surface area contributed by atoms with Crippen LogP contribution in [0.1, 0.15) is 19.4 Å². The van der Waals surface area contributed by atoms with Gasteiger partial charge in [0.2, 0.25) is 5.91 Å². The number of benzene rings is 2. The van der Waals surface area contributed by atoms with E-state index in [-0.39, 0.29) is 18.0 Å². The minimum atomic E-state index is -0.485. The largest absolute Gasteiger partial charge is 0.494 e. The third kappa shape index (κ3) is 4.79. The molecule has 28 heavy (non-hydrogen) atoms. The third-order valence-corrected chi connectivity index (χ3v) is 5.72. The number of anilines is 1. The summed E-state index contributed by atoms with van der Waals surface area (Å²) in [5.41, 5.74) is 1.31. The van der Waals surface area contributed by atoms with Crippen LogP contribution >= 0.6 is 23.1 Å². The number of nitrogens with one attached hydrogen (secondary N) is 1. The lowest BCUT2D eigenvalue weighted by Gasteiger charge is -2.06. The maximum absolute atomic E-state index is 12.4. The van der Waals surface area contributed by atoms with Gasteiger partial charge in [-0.3, -0.25) is 14.9 Å². The van der Waals surface area contributed by atoms with Crippen LogP contribution in [-0.4, -0.2) is 28.2 Å².